The van der Waals surface area contributed by atoms with Gasteiger partial charge >= 0.3 is 0 Å². The van der Waals surface area contributed by atoms with Crippen molar-refractivity contribution >= 4 is 5.95 Å². The Bertz CT molecular complexity index is 307. The lowest BCUT2D eigenvalue weighted by atomic mass is 10.2. The first-order valence-corrected chi connectivity index (χ1v) is 5.90. The predicted octanol–water partition coefficient (Wildman–Crippen LogP) is 2.30. The van der Waals surface area contributed by atoms with Crippen LogP contribution in [0.1, 0.15) is 26.0 Å². The van der Waals surface area contributed by atoms with Crippen LogP contribution >= 0.6 is 0 Å². The smallest absolute Gasteiger partial charge is 0.203 e. The number of ether oxygens (including phenoxy) is 1. The normalized spacial score (nSPS) is 11.1. The first-order valence-electron chi connectivity index (χ1n) is 5.90. The highest BCUT2D eigenvalue weighted by Gasteiger charge is 2.05. The summed E-state index contributed by atoms with van der Waals surface area (Å²) in [6.45, 7) is 9.11. The Morgan fingerprint density at radius 3 is 2.88 bits per heavy atom. The Kier molecular flexibility index (Phi) is 5.32. The molecule has 0 spiro atoms. The van der Waals surface area contributed by atoms with Gasteiger partial charge in [-0.3, -0.25) is 0 Å². The van der Waals surface area contributed by atoms with Crippen molar-refractivity contribution < 1.29 is 4.74 Å². The number of aromatic nitrogens is 2. The van der Waals surface area contributed by atoms with Gasteiger partial charge in [0.2, 0.25) is 5.95 Å². The molecule has 0 fully saturated rings. The van der Waals surface area contributed by atoms with Crippen LogP contribution in [0, 0.1) is 12.8 Å². The number of imidazole rings is 1. The van der Waals surface area contributed by atoms with E-state index in [1.54, 1.807) is 7.11 Å². The summed E-state index contributed by atoms with van der Waals surface area (Å²) in [6, 6.07) is 0. The van der Waals surface area contributed by atoms with Crippen LogP contribution in [-0.4, -0.2) is 29.8 Å². The summed E-state index contributed by atoms with van der Waals surface area (Å²) in [5.41, 5.74) is 1.06. The average molecular weight is 225 g/mol. The summed E-state index contributed by atoms with van der Waals surface area (Å²) in [6.07, 6.45) is 3.10. The van der Waals surface area contributed by atoms with Crippen molar-refractivity contribution in [3.05, 3.63) is 11.9 Å². The molecule has 4 heteroatoms. The van der Waals surface area contributed by atoms with E-state index < -0.39 is 0 Å². The van der Waals surface area contributed by atoms with E-state index in [2.05, 4.69) is 34.9 Å². The number of hydrogen-bond donors (Lipinski definition) is 1. The maximum atomic E-state index is 5.05. The van der Waals surface area contributed by atoms with Crippen molar-refractivity contribution in [1.29, 1.82) is 0 Å². The molecule has 1 N–H and O–H groups in total. The van der Waals surface area contributed by atoms with E-state index in [4.69, 9.17) is 4.74 Å². The maximum absolute atomic E-state index is 5.05. The standard InChI is InChI=1S/C12H23N3O/c1-10(2)8-13-12-14-11(3)9-15(12)6-5-7-16-4/h9-10H,5-8H2,1-4H3,(H,13,14). The van der Waals surface area contributed by atoms with E-state index in [1.807, 2.05) is 6.92 Å². The van der Waals surface area contributed by atoms with Crippen molar-refractivity contribution in [1.82, 2.24) is 9.55 Å². The molecular formula is C12H23N3O. The number of nitrogens with one attached hydrogen (secondary N) is 1. The number of aryl methyl sites for hydroxylation is 2. The van der Waals surface area contributed by atoms with Gasteiger partial charge in [0, 0.05) is 33.0 Å². The van der Waals surface area contributed by atoms with Gasteiger partial charge in [-0.2, -0.15) is 0 Å². The van der Waals surface area contributed by atoms with Crippen LogP contribution in [0.5, 0.6) is 0 Å². The molecule has 0 radical (unpaired) electrons. The van der Waals surface area contributed by atoms with Gasteiger partial charge < -0.3 is 14.6 Å². The van der Waals surface area contributed by atoms with E-state index in [-0.39, 0.29) is 0 Å². The summed E-state index contributed by atoms with van der Waals surface area (Å²) in [5, 5.41) is 3.37. The van der Waals surface area contributed by atoms with Crippen molar-refractivity contribution in [3.8, 4) is 0 Å². The first kappa shape index (κ1) is 13.0. The largest absolute Gasteiger partial charge is 0.385 e. The highest BCUT2D eigenvalue weighted by molar-refractivity contribution is 5.28. The molecular weight excluding hydrogens is 202 g/mol. The van der Waals surface area contributed by atoms with E-state index in [0.29, 0.717) is 5.92 Å². The molecule has 16 heavy (non-hydrogen) atoms. The Hall–Kier alpha value is -1.03. The molecule has 0 atom stereocenters. The van der Waals surface area contributed by atoms with Gasteiger partial charge in [-0.15, -0.1) is 0 Å². The van der Waals surface area contributed by atoms with Gasteiger partial charge in [0.25, 0.3) is 0 Å². The maximum Gasteiger partial charge on any atom is 0.203 e. The average Bonchev–Trinajstić information content (AvgIpc) is 2.56. The molecule has 0 unspecified atom stereocenters. The molecule has 0 aliphatic heterocycles. The molecule has 1 rings (SSSR count). The van der Waals surface area contributed by atoms with Gasteiger partial charge in [-0.1, -0.05) is 13.8 Å². The Morgan fingerprint density at radius 2 is 2.25 bits per heavy atom. The molecule has 1 heterocycles. The number of hydrogen-bond acceptors (Lipinski definition) is 3. The zero-order valence-corrected chi connectivity index (χ0v) is 10.8. The lowest BCUT2D eigenvalue weighted by Crippen LogP contribution is -2.13. The van der Waals surface area contributed by atoms with Gasteiger partial charge in [0.05, 0.1) is 5.69 Å². The van der Waals surface area contributed by atoms with E-state index >= 15 is 0 Å². The van der Waals surface area contributed by atoms with E-state index in [9.17, 15) is 0 Å². The minimum atomic E-state index is 0.629. The number of rotatable bonds is 7. The van der Waals surface area contributed by atoms with Crippen molar-refractivity contribution in [2.24, 2.45) is 5.92 Å². The monoisotopic (exact) mass is 225 g/mol. The Balaban J connectivity index is 2.53. The predicted molar refractivity (Wildman–Crippen MR) is 66.8 cm³/mol. The molecule has 0 amide bonds. The summed E-state index contributed by atoms with van der Waals surface area (Å²) in [4.78, 5) is 4.47. The van der Waals surface area contributed by atoms with Crippen LogP contribution in [0.25, 0.3) is 0 Å². The molecule has 0 saturated heterocycles. The quantitative estimate of drug-likeness (QED) is 0.724. The van der Waals surface area contributed by atoms with Gasteiger partial charge in [-0.05, 0) is 19.3 Å². The topological polar surface area (TPSA) is 39.1 Å². The van der Waals surface area contributed by atoms with E-state index in [1.165, 1.54) is 0 Å². The third kappa shape index (κ3) is 4.23. The van der Waals surface area contributed by atoms with Crippen LogP contribution in [0.2, 0.25) is 0 Å². The SMILES string of the molecule is COCCCn1cc(C)nc1NCC(C)C. The van der Waals surface area contributed by atoms with Crippen LogP contribution < -0.4 is 5.32 Å². The molecule has 0 aromatic carbocycles. The fourth-order valence-electron chi connectivity index (χ4n) is 1.53. The number of nitrogens with zero attached hydrogens (tertiary/aromatic N) is 2. The van der Waals surface area contributed by atoms with Gasteiger partial charge in [0.15, 0.2) is 0 Å². The molecule has 1 aromatic heterocycles. The number of methoxy groups -OCH3 is 1. The third-order valence-electron chi connectivity index (χ3n) is 2.31. The summed E-state index contributed by atoms with van der Waals surface area (Å²) in [7, 11) is 1.73. The molecule has 4 nitrogen and oxygen atoms in total. The summed E-state index contributed by atoms with van der Waals surface area (Å²) >= 11 is 0. The second-order valence-electron chi connectivity index (χ2n) is 4.52. The number of anilines is 1. The molecule has 92 valence electrons. The third-order valence-corrected chi connectivity index (χ3v) is 2.31. The van der Waals surface area contributed by atoms with Crippen LogP contribution in [0.4, 0.5) is 5.95 Å². The van der Waals surface area contributed by atoms with Crippen LogP contribution in [0.15, 0.2) is 6.20 Å². The molecule has 0 bridgehead atoms. The van der Waals surface area contributed by atoms with Crippen molar-refractivity contribution in [3.63, 3.8) is 0 Å². The fourth-order valence-corrected chi connectivity index (χ4v) is 1.53. The second-order valence-corrected chi connectivity index (χ2v) is 4.52. The highest BCUT2D eigenvalue weighted by Crippen LogP contribution is 2.10. The van der Waals surface area contributed by atoms with Crippen LogP contribution in [0.3, 0.4) is 0 Å². The minimum absolute atomic E-state index is 0.629. The summed E-state index contributed by atoms with van der Waals surface area (Å²) < 4.78 is 7.22. The fraction of sp³-hybridized carbons (Fsp3) is 0.750. The second kappa shape index (κ2) is 6.53. The minimum Gasteiger partial charge on any atom is -0.385 e. The van der Waals surface area contributed by atoms with E-state index in [0.717, 1.165) is 37.8 Å². The van der Waals surface area contributed by atoms with Crippen LogP contribution in [-0.2, 0) is 11.3 Å². The zero-order valence-electron chi connectivity index (χ0n) is 10.8. The molecule has 0 aliphatic rings. The van der Waals surface area contributed by atoms with Crippen molar-refractivity contribution in [2.75, 3.05) is 25.6 Å². The lowest BCUT2D eigenvalue weighted by Gasteiger charge is -2.10. The first-order chi connectivity index (χ1) is 7.63. The Morgan fingerprint density at radius 1 is 1.50 bits per heavy atom. The molecule has 1 aromatic rings. The van der Waals surface area contributed by atoms with Crippen molar-refractivity contribution in [2.45, 2.75) is 33.7 Å². The lowest BCUT2D eigenvalue weighted by molar-refractivity contribution is 0.190. The molecule has 0 aliphatic carbocycles. The molecule has 0 saturated carbocycles. The zero-order chi connectivity index (χ0) is 12.0. The van der Waals surface area contributed by atoms with Gasteiger partial charge in [-0.25, -0.2) is 4.98 Å². The Labute approximate surface area is 98.0 Å². The van der Waals surface area contributed by atoms with Gasteiger partial charge in [0.1, 0.15) is 0 Å². The highest BCUT2D eigenvalue weighted by atomic mass is 16.5. The summed E-state index contributed by atoms with van der Waals surface area (Å²) in [5.74, 6) is 1.60.